The topological polar surface area (TPSA) is 35.6 Å². The Morgan fingerprint density at radius 2 is 2.00 bits per heavy atom. The highest BCUT2D eigenvalue weighted by Crippen LogP contribution is 2.20. The van der Waals surface area contributed by atoms with Crippen molar-refractivity contribution in [3.8, 4) is 0 Å². The Morgan fingerprint density at radius 1 is 1.38 bits per heavy atom. The van der Waals surface area contributed by atoms with Crippen LogP contribution in [-0.2, 0) is 4.79 Å². The third-order valence-corrected chi connectivity index (χ3v) is 3.30. The largest absolute Gasteiger partial charge is 0.343 e. The first kappa shape index (κ1) is 13.5. The molecule has 0 saturated carbocycles. The lowest BCUT2D eigenvalue weighted by atomic mass is 9.98. The summed E-state index contributed by atoms with van der Waals surface area (Å²) in [4.78, 5) is 16.1. The van der Waals surface area contributed by atoms with Crippen molar-refractivity contribution in [1.82, 2.24) is 15.1 Å². The van der Waals surface area contributed by atoms with Crippen LogP contribution in [0.3, 0.4) is 0 Å². The molecule has 4 heteroatoms. The van der Waals surface area contributed by atoms with E-state index in [1.165, 1.54) is 0 Å². The molecule has 1 amide bonds. The van der Waals surface area contributed by atoms with Crippen LogP contribution in [0.15, 0.2) is 0 Å². The normalized spacial score (nSPS) is 21.9. The number of nitrogens with zero attached hydrogens (tertiary/aromatic N) is 2. The van der Waals surface area contributed by atoms with Crippen molar-refractivity contribution in [2.45, 2.75) is 39.3 Å². The zero-order valence-corrected chi connectivity index (χ0v) is 11.2. The summed E-state index contributed by atoms with van der Waals surface area (Å²) in [6.07, 6.45) is 0. The molecule has 4 nitrogen and oxygen atoms in total. The van der Waals surface area contributed by atoms with Crippen LogP contribution in [0.25, 0.3) is 0 Å². The van der Waals surface area contributed by atoms with E-state index >= 15 is 0 Å². The standard InChI is InChI=1S/C12H25N3O/c1-10(2)13-6-7-15-9-8-14(5)11(16)12(15,3)4/h10,13H,6-9H2,1-5H3. The summed E-state index contributed by atoms with van der Waals surface area (Å²) in [5.74, 6) is 0.225. The van der Waals surface area contributed by atoms with Crippen LogP contribution in [0.5, 0.6) is 0 Å². The molecule has 94 valence electrons. The molecule has 16 heavy (non-hydrogen) atoms. The van der Waals surface area contributed by atoms with Crippen LogP contribution in [0.2, 0.25) is 0 Å². The molecular formula is C12H25N3O. The van der Waals surface area contributed by atoms with Gasteiger partial charge in [-0.25, -0.2) is 0 Å². The van der Waals surface area contributed by atoms with Crippen molar-refractivity contribution in [3.05, 3.63) is 0 Å². The molecule has 0 bridgehead atoms. The van der Waals surface area contributed by atoms with E-state index in [2.05, 4.69) is 24.1 Å². The van der Waals surface area contributed by atoms with Gasteiger partial charge in [0.05, 0.1) is 5.54 Å². The first-order chi connectivity index (χ1) is 7.35. The van der Waals surface area contributed by atoms with Gasteiger partial charge in [-0.3, -0.25) is 9.69 Å². The Morgan fingerprint density at radius 3 is 2.56 bits per heavy atom. The number of nitrogens with one attached hydrogen (secondary N) is 1. The summed E-state index contributed by atoms with van der Waals surface area (Å²) in [6.45, 7) is 12.0. The minimum Gasteiger partial charge on any atom is -0.343 e. The van der Waals surface area contributed by atoms with E-state index in [-0.39, 0.29) is 11.4 Å². The van der Waals surface area contributed by atoms with Crippen LogP contribution in [0.4, 0.5) is 0 Å². The Bertz CT molecular complexity index is 251. The van der Waals surface area contributed by atoms with Crippen molar-refractivity contribution in [2.75, 3.05) is 33.2 Å². The molecule has 0 unspecified atom stereocenters. The van der Waals surface area contributed by atoms with Crippen molar-refractivity contribution in [1.29, 1.82) is 0 Å². The van der Waals surface area contributed by atoms with Crippen LogP contribution < -0.4 is 5.32 Å². The second-order valence-electron chi connectivity index (χ2n) is 5.38. The zero-order chi connectivity index (χ0) is 12.3. The summed E-state index contributed by atoms with van der Waals surface area (Å²) < 4.78 is 0. The van der Waals surface area contributed by atoms with E-state index in [9.17, 15) is 4.79 Å². The molecule has 1 heterocycles. The van der Waals surface area contributed by atoms with Crippen molar-refractivity contribution >= 4 is 5.91 Å². The van der Waals surface area contributed by atoms with Crippen LogP contribution in [-0.4, -0.2) is 60.5 Å². The second kappa shape index (κ2) is 5.15. The van der Waals surface area contributed by atoms with Crippen LogP contribution in [0, 0.1) is 0 Å². The van der Waals surface area contributed by atoms with Gasteiger partial charge >= 0.3 is 0 Å². The maximum absolute atomic E-state index is 12.0. The van der Waals surface area contributed by atoms with Crippen molar-refractivity contribution in [3.63, 3.8) is 0 Å². The Labute approximate surface area is 99.0 Å². The molecule has 1 aliphatic heterocycles. The first-order valence-corrected chi connectivity index (χ1v) is 6.09. The number of carbonyl (C=O) groups is 1. The molecule has 0 radical (unpaired) electrons. The van der Waals surface area contributed by atoms with Gasteiger partial charge in [-0.2, -0.15) is 0 Å². The van der Waals surface area contributed by atoms with Gasteiger partial charge in [0.15, 0.2) is 0 Å². The smallest absolute Gasteiger partial charge is 0.242 e. The van der Waals surface area contributed by atoms with Gasteiger partial charge in [0.2, 0.25) is 5.91 Å². The minimum atomic E-state index is -0.355. The molecule has 0 aromatic carbocycles. The molecule has 1 rings (SSSR count). The number of amides is 1. The number of rotatable bonds is 4. The molecular weight excluding hydrogens is 202 g/mol. The molecule has 0 aromatic heterocycles. The highest BCUT2D eigenvalue weighted by Gasteiger charge is 2.39. The molecule has 1 fully saturated rings. The van der Waals surface area contributed by atoms with Crippen LogP contribution in [0.1, 0.15) is 27.7 Å². The quantitative estimate of drug-likeness (QED) is 0.761. The summed E-state index contributed by atoms with van der Waals surface area (Å²) in [6, 6.07) is 0.506. The predicted octanol–water partition coefficient (Wildman–Crippen LogP) is 0.537. The maximum atomic E-state index is 12.0. The molecule has 0 spiro atoms. The van der Waals surface area contributed by atoms with Crippen molar-refractivity contribution < 1.29 is 4.79 Å². The van der Waals surface area contributed by atoms with E-state index in [1.807, 2.05) is 25.8 Å². The lowest BCUT2D eigenvalue weighted by Gasteiger charge is -2.44. The number of hydrogen-bond donors (Lipinski definition) is 1. The SMILES string of the molecule is CC(C)NCCN1CCN(C)C(=O)C1(C)C. The zero-order valence-electron chi connectivity index (χ0n) is 11.2. The molecule has 0 aromatic rings. The summed E-state index contributed by atoms with van der Waals surface area (Å²) in [7, 11) is 1.88. The van der Waals surface area contributed by atoms with Gasteiger partial charge in [-0.1, -0.05) is 13.8 Å². The van der Waals surface area contributed by atoms with E-state index in [4.69, 9.17) is 0 Å². The first-order valence-electron chi connectivity index (χ1n) is 6.09. The summed E-state index contributed by atoms with van der Waals surface area (Å²) in [5.41, 5.74) is -0.355. The second-order valence-corrected chi connectivity index (χ2v) is 5.38. The van der Waals surface area contributed by atoms with Gasteiger partial charge in [-0.15, -0.1) is 0 Å². The van der Waals surface area contributed by atoms with Gasteiger partial charge in [0, 0.05) is 39.3 Å². The Hall–Kier alpha value is -0.610. The Balaban J connectivity index is 2.50. The van der Waals surface area contributed by atoms with E-state index < -0.39 is 0 Å². The molecule has 1 saturated heterocycles. The molecule has 1 N–H and O–H groups in total. The average Bonchev–Trinajstić information content (AvgIpc) is 2.18. The van der Waals surface area contributed by atoms with Gasteiger partial charge in [0.1, 0.15) is 0 Å². The number of piperazine rings is 1. The summed E-state index contributed by atoms with van der Waals surface area (Å²) in [5, 5.41) is 3.39. The molecule has 1 aliphatic rings. The lowest BCUT2D eigenvalue weighted by molar-refractivity contribution is -0.146. The van der Waals surface area contributed by atoms with E-state index in [0.29, 0.717) is 6.04 Å². The maximum Gasteiger partial charge on any atom is 0.242 e. The number of carbonyl (C=O) groups excluding carboxylic acids is 1. The third kappa shape index (κ3) is 2.95. The van der Waals surface area contributed by atoms with E-state index in [0.717, 1.165) is 26.2 Å². The Kier molecular flexibility index (Phi) is 4.33. The van der Waals surface area contributed by atoms with Crippen molar-refractivity contribution in [2.24, 2.45) is 0 Å². The third-order valence-electron chi connectivity index (χ3n) is 3.30. The minimum absolute atomic E-state index is 0.225. The fraction of sp³-hybridized carbons (Fsp3) is 0.917. The van der Waals surface area contributed by atoms with Gasteiger partial charge < -0.3 is 10.2 Å². The van der Waals surface area contributed by atoms with E-state index in [1.54, 1.807) is 0 Å². The monoisotopic (exact) mass is 227 g/mol. The number of hydrogen-bond acceptors (Lipinski definition) is 3. The molecule has 0 aliphatic carbocycles. The summed E-state index contributed by atoms with van der Waals surface area (Å²) >= 11 is 0. The van der Waals surface area contributed by atoms with Crippen LogP contribution >= 0.6 is 0 Å². The highest BCUT2D eigenvalue weighted by atomic mass is 16.2. The lowest BCUT2D eigenvalue weighted by Crippen LogP contribution is -2.62. The fourth-order valence-corrected chi connectivity index (χ4v) is 2.13. The van der Waals surface area contributed by atoms with Gasteiger partial charge in [0.25, 0.3) is 0 Å². The average molecular weight is 227 g/mol. The van der Waals surface area contributed by atoms with Gasteiger partial charge in [-0.05, 0) is 13.8 Å². The predicted molar refractivity (Wildman–Crippen MR) is 66.4 cm³/mol. The molecule has 0 atom stereocenters. The number of likely N-dealkylation sites (N-methyl/N-ethyl adjacent to an activating group) is 1. The highest BCUT2D eigenvalue weighted by molar-refractivity contribution is 5.86. The fourth-order valence-electron chi connectivity index (χ4n) is 2.13.